The fourth-order valence-electron chi connectivity index (χ4n) is 4.81. The zero-order valence-electron chi connectivity index (χ0n) is 20.0. The van der Waals surface area contributed by atoms with Crippen LogP contribution in [0.2, 0.25) is 0 Å². The Labute approximate surface area is 193 Å². The lowest BCUT2D eigenvalue weighted by Crippen LogP contribution is -2.57. The molecule has 1 aliphatic rings. The zero-order valence-corrected chi connectivity index (χ0v) is 20.0. The van der Waals surface area contributed by atoms with Gasteiger partial charge in [-0.1, -0.05) is 30.3 Å². The number of nitrogens with zero attached hydrogens (tertiary/aromatic N) is 3. The number of carbonyl (C=O) groups is 1. The monoisotopic (exact) mass is 434 g/mol. The van der Waals surface area contributed by atoms with E-state index in [0.717, 1.165) is 30.9 Å². The molecule has 0 spiro atoms. The fourth-order valence-corrected chi connectivity index (χ4v) is 4.81. The van der Waals surface area contributed by atoms with Gasteiger partial charge in [0, 0.05) is 56.1 Å². The molecule has 5 nitrogen and oxygen atoms in total. The van der Waals surface area contributed by atoms with Crippen molar-refractivity contribution in [3.8, 4) is 0 Å². The van der Waals surface area contributed by atoms with Crippen LogP contribution in [-0.4, -0.2) is 65.4 Å². The molecule has 32 heavy (non-hydrogen) atoms. The fraction of sp³-hybridized carbons (Fsp3) is 0.444. The number of hydrogen-bond acceptors (Lipinski definition) is 4. The molecule has 1 heterocycles. The third-order valence-electron chi connectivity index (χ3n) is 6.61. The van der Waals surface area contributed by atoms with Crippen molar-refractivity contribution in [2.75, 3.05) is 38.5 Å². The highest BCUT2D eigenvalue weighted by molar-refractivity contribution is 5.94. The second-order valence-corrected chi connectivity index (χ2v) is 8.81. The SMILES string of the molecule is C=CCN1C[C@H](C)N(C(c2ccc(C(=O)N(CC)CC)cc2)c2cccc(N)c2)C[C@H]1C. The molecule has 1 aliphatic heterocycles. The summed E-state index contributed by atoms with van der Waals surface area (Å²) in [6, 6.07) is 17.2. The van der Waals surface area contributed by atoms with Gasteiger partial charge in [-0.3, -0.25) is 14.6 Å². The number of rotatable bonds is 8. The number of nitrogens with two attached hydrogens (primary N) is 1. The molecule has 5 heteroatoms. The molecule has 0 radical (unpaired) electrons. The van der Waals surface area contributed by atoms with Crippen molar-refractivity contribution >= 4 is 11.6 Å². The summed E-state index contributed by atoms with van der Waals surface area (Å²) in [4.78, 5) is 19.7. The summed E-state index contributed by atoms with van der Waals surface area (Å²) < 4.78 is 0. The Morgan fingerprint density at radius 2 is 1.78 bits per heavy atom. The predicted molar refractivity (Wildman–Crippen MR) is 134 cm³/mol. The Kier molecular flexibility index (Phi) is 8.10. The summed E-state index contributed by atoms with van der Waals surface area (Å²) in [5, 5.41) is 0. The highest BCUT2D eigenvalue weighted by atomic mass is 16.2. The lowest BCUT2D eigenvalue weighted by atomic mass is 9.92. The van der Waals surface area contributed by atoms with E-state index in [1.54, 1.807) is 0 Å². The molecule has 1 fully saturated rings. The lowest BCUT2D eigenvalue weighted by molar-refractivity contribution is 0.0307. The Morgan fingerprint density at radius 3 is 2.38 bits per heavy atom. The first-order valence-electron chi connectivity index (χ1n) is 11.7. The van der Waals surface area contributed by atoms with E-state index in [1.165, 1.54) is 11.1 Å². The Morgan fingerprint density at radius 1 is 1.09 bits per heavy atom. The van der Waals surface area contributed by atoms with Crippen LogP contribution >= 0.6 is 0 Å². The van der Waals surface area contributed by atoms with Crippen molar-refractivity contribution in [2.24, 2.45) is 0 Å². The van der Waals surface area contributed by atoms with Crippen LogP contribution in [0, 0.1) is 0 Å². The first-order valence-corrected chi connectivity index (χ1v) is 11.7. The van der Waals surface area contributed by atoms with Crippen molar-refractivity contribution in [3.05, 3.63) is 77.9 Å². The van der Waals surface area contributed by atoms with Crippen LogP contribution in [0.1, 0.15) is 55.2 Å². The van der Waals surface area contributed by atoms with Crippen LogP contribution in [0.4, 0.5) is 5.69 Å². The van der Waals surface area contributed by atoms with Gasteiger partial charge >= 0.3 is 0 Å². The topological polar surface area (TPSA) is 52.8 Å². The maximum absolute atomic E-state index is 12.8. The highest BCUT2D eigenvalue weighted by Gasteiger charge is 2.34. The molecule has 2 aromatic carbocycles. The van der Waals surface area contributed by atoms with E-state index in [2.05, 4.69) is 54.5 Å². The molecule has 1 amide bonds. The van der Waals surface area contributed by atoms with Gasteiger partial charge in [0.05, 0.1) is 6.04 Å². The summed E-state index contributed by atoms with van der Waals surface area (Å²) in [7, 11) is 0. The van der Waals surface area contributed by atoms with E-state index < -0.39 is 0 Å². The smallest absolute Gasteiger partial charge is 0.253 e. The standard InChI is InChI=1S/C27H38N4O/c1-6-16-30-18-21(5)31(19-20(30)4)26(24-10-9-11-25(28)17-24)22-12-14-23(15-13-22)27(32)29(7-2)8-3/h6,9-15,17,20-21,26H,1,7-8,16,18-19,28H2,2-5H3/t20-,21+,26?/m1/s1. The third kappa shape index (κ3) is 5.22. The minimum Gasteiger partial charge on any atom is -0.399 e. The predicted octanol–water partition coefficient (Wildman–Crippen LogP) is 4.42. The molecule has 0 saturated carbocycles. The number of anilines is 1. The van der Waals surface area contributed by atoms with Crippen LogP contribution in [0.3, 0.4) is 0 Å². The first-order chi connectivity index (χ1) is 15.4. The maximum Gasteiger partial charge on any atom is 0.253 e. The quantitative estimate of drug-likeness (QED) is 0.494. The van der Waals surface area contributed by atoms with Crippen molar-refractivity contribution in [1.29, 1.82) is 0 Å². The second kappa shape index (κ2) is 10.8. The van der Waals surface area contributed by atoms with Crippen molar-refractivity contribution in [1.82, 2.24) is 14.7 Å². The number of nitrogen functional groups attached to an aromatic ring is 1. The number of benzene rings is 2. The molecule has 0 aliphatic carbocycles. The van der Waals surface area contributed by atoms with Gasteiger partial charge in [0.15, 0.2) is 0 Å². The molecule has 0 bridgehead atoms. The molecular weight excluding hydrogens is 396 g/mol. The second-order valence-electron chi connectivity index (χ2n) is 8.81. The van der Waals surface area contributed by atoms with Crippen LogP contribution in [-0.2, 0) is 0 Å². The van der Waals surface area contributed by atoms with Gasteiger partial charge in [-0.2, -0.15) is 0 Å². The molecule has 2 aromatic rings. The van der Waals surface area contributed by atoms with Gasteiger partial charge in [-0.25, -0.2) is 0 Å². The first kappa shape index (κ1) is 24.0. The van der Waals surface area contributed by atoms with Gasteiger partial charge in [-0.15, -0.1) is 6.58 Å². The third-order valence-corrected chi connectivity index (χ3v) is 6.61. The molecular formula is C27H38N4O. The van der Waals surface area contributed by atoms with Gasteiger partial charge in [0.25, 0.3) is 5.91 Å². The molecule has 3 rings (SSSR count). The van der Waals surface area contributed by atoms with Crippen molar-refractivity contribution in [3.63, 3.8) is 0 Å². The summed E-state index contributed by atoms with van der Waals surface area (Å²) in [5.74, 6) is 0.0853. The summed E-state index contributed by atoms with van der Waals surface area (Å²) in [6.07, 6.45) is 1.99. The largest absolute Gasteiger partial charge is 0.399 e. The minimum absolute atomic E-state index is 0.0828. The average Bonchev–Trinajstić information content (AvgIpc) is 2.78. The molecule has 3 atom stereocenters. The summed E-state index contributed by atoms with van der Waals surface area (Å²) >= 11 is 0. The summed E-state index contributed by atoms with van der Waals surface area (Å²) in [6.45, 7) is 16.8. The number of carbonyl (C=O) groups excluding carboxylic acids is 1. The van der Waals surface area contributed by atoms with Gasteiger partial charge < -0.3 is 10.6 Å². The number of hydrogen-bond donors (Lipinski definition) is 1. The van der Waals surface area contributed by atoms with E-state index in [9.17, 15) is 4.79 Å². The van der Waals surface area contributed by atoms with E-state index in [4.69, 9.17) is 5.73 Å². The van der Waals surface area contributed by atoms with Crippen LogP contribution < -0.4 is 5.73 Å². The van der Waals surface area contributed by atoms with E-state index in [-0.39, 0.29) is 11.9 Å². The molecule has 2 N–H and O–H groups in total. The van der Waals surface area contributed by atoms with E-state index in [1.807, 2.05) is 49.1 Å². The number of amides is 1. The molecule has 1 saturated heterocycles. The molecule has 1 unspecified atom stereocenters. The minimum atomic E-state index is 0.0828. The van der Waals surface area contributed by atoms with Crippen LogP contribution in [0.25, 0.3) is 0 Å². The maximum atomic E-state index is 12.8. The molecule has 0 aromatic heterocycles. The Balaban J connectivity index is 1.96. The zero-order chi connectivity index (χ0) is 23.3. The van der Waals surface area contributed by atoms with Gasteiger partial charge in [-0.05, 0) is 63.1 Å². The number of piperazine rings is 1. The van der Waals surface area contributed by atoms with Crippen LogP contribution in [0.5, 0.6) is 0 Å². The van der Waals surface area contributed by atoms with Gasteiger partial charge in [0.1, 0.15) is 0 Å². The van der Waals surface area contributed by atoms with Crippen LogP contribution in [0.15, 0.2) is 61.2 Å². The Hall–Kier alpha value is -2.63. The highest BCUT2D eigenvalue weighted by Crippen LogP contribution is 2.34. The van der Waals surface area contributed by atoms with Crippen molar-refractivity contribution in [2.45, 2.75) is 45.8 Å². The van der Waals surface area contributed by atoms with Crippen molar-refractivity contribution < 1.29 is 4.79 Å². The lowest BCUT2D eigenvalue weighted by Gasteiger charge is -2.47. The molecule has 172 valence electrons. The Bertz CT molecular complexity index is 906. The van der Waals surface area contributed by atoms with E-state index in [0.29, 0.717) is 25.2 Å². The normalized spacial score (nSPS) is 20.6. The average molecular weight is 435 g/mol. The summed E-state index contributed by atoms with van der Waals surface area (Å²) in [5.41, 5.74) is 10.0. The van der Waals surface area contributed by atoms with E-state index >= 15 is 0 Å². The van der Waals surface area contributed by atoms with Gasteiger partial charge in [0.2, 0.25) is 0 Å².